The lowest BCUT2D eigenvalue weighted by molar-refractivity contribution is -0.122. The molecule has 26 heavy (non-hydrogen) atoms. The molecule has 7 heteroatoms. The van der Waals surface area contributed by atoms with Crippen molar-refractivity contribution in [1.82, 2.24) is 15.1 Å². The number of Topliss-reactive ketones (excluding diaryl/α,β-unsaturated/α-hetero) is 1. The van der Waals surface area contributed by atoms with Gasteiger partial charge in [-0.1, -0.05) is 6.92 Å². The zero-order valence-corrected chi connectivity index (χ0v) is 15.6. The van der Waals surface area contributed by atoms with E-state index in [2.05, 4.69) is 10.2 Å². The average molecular weight is 361 g/mol. The molecule has 0 aromatic carbocycles. The highest BCUT2D eigenvalue weighted by Gasteiger charge is 2.32. The van der Waals surface area contributed by atoms with Crippen LogP contribution >= 0.6 is 0 Å². The minimum atomic E-state index is -0.153. The van der Waals surface area contributed by atoms with E-state index in [-0.39, 0.29) is 17.6 Å². The summed E-state index contributed by atoms with van der Waals surface area (Å²) < 4.78 is 5.77. The molecule has 3 rings (SSSR count). The summed E-state index contributed by atoms with van der Waals surface area (Å²) in [6.07, 6.45) is 2.95. The second-order valence-corrected chi connectivity index (χ2v) is 7.05. The van der Waals surface area contributed by atoms with E-state index in [4.69, 9.17) is 4.42 Å². The van der Waals surface area contributed by atoms with E-state index in [0.717, 1.165) is 19.3 Å². The lowest BCUT2D eigenvalue weighted by Crippen LogP contribution is -2.51. The van der Waals surface area contributed by atoms with Crippen LogP contribution < -0.4 is 5.32 Å². The second-order valence-electron chi connectivity index (χ2n) is 7.05. The van der Waals surface area contributed by atoms with Crippen molar-refractivity contribution in [3.63, 3.8) is 0 Å². The molecule has 142 valence electrons. The molecule has 2 heterocycles. The number of ketones is 1. The summed E-state index contributed by atoms with van der Waals surface area (Å²) in [6, 6.07) is 0. The van der Waals surface area contributed by atoms with Crippen LogP contribution in [0, 0.1) is 6.92 Å². The van der Waals surface area contributed by atoms with Crippen molar-refractivity contribution in [1.29, 1.82) is 0 Å². The summed E-state index contributed by atoms with van der Waals surface area (Å²) >= 11 is 0. The lowest BCUT2D eigenvalue weighted by Gasteiger charge is -2.34. The number of furan rings is 1. The Hall–Kier alpha value is -2.15. The molecule has 1 fully saturated rings. The molecule has 1 aliphatic heterocycles. The van der Waals surface area contributed by atoms with Crippen LogP contribution in [0.2, 0.25) is 0 Å². The van der Waals surface area contributed by atoms with Crippen LogP contribution in [0.3, 0.4) is 0 Å². The van der Waals surface area contributed by atoms with Gasteiger partial charge in [-0.15, -0.1) is 0 Å². The van der Waals surface area contributed by atoms with Crippen molar-refractivity contribution in [2.24, 2.45) is 0 Å². The van der Waals surface area contributed by atoms with Crippen molar-refractivity contribution < 1.29 is 18.8 Å². The third kappa shape index (κ3) is 3.82. The molecular formula is C19H27N3O4. The fourth-order valence-electron chi connectivity index (χ4n) is 3.63. The minimum Gasteiger partial charge on any atom is -0.455 e. The number of fused-ring (bicyclic) bond motifs is 1. The fourth-order valence-corrected chi connectivity index (χ4v) is 3.63. The predicted octanol–water partition coefficient (Wildman–Crippen LogP) is 1.39. The molecule has 0 spiro atoms. The number of hydrogen-bond donors (Lipinski definition) is 1. The number of piperazine rings is 1. The van der Waals surface area contributed by atoms with Crippen molar-refractivity contribution >= 4 is 17.6 Å². The lowest BCUT2D eigenvalue weighted by atomic mass is 9.94. The van der Waals surface area contributed by atoms with Gasteiger partial charge in [0.1, 0.15) is 5.76 Å². The van der Waals surface area contributed by atoms with Crippen LogP contribution in [-0.4, -0.2) is 66.7 Å². The molecule has 7 nitrogen and oxygen atoms in total. The van der Waals surface area contributed by atoms with Crippen LogP contribution in [0.5, 0.6) is 0 Å². The standard InChI is InChI=1S/C19H27N3O4/c1-3-7-20-16(24)12-21-8-10-22(11-9-21)19(25)18-13(2)17-14(23)5-4-6-15(17)26-18/h3-12H2,1-2H3,(H,20,24). The van der Waals surface area contributed by atoms with E-state index in [1.165, 1.54) is 0 Å². The second kappa shape index (κ2) is 8.03. The maximum Gasteiger partial charge on any atom is 0.289 e. The summed E-state index contributed by atoms with van der Waals surface area (Å²) in [4.78, 5) is 40.6. The van der Waals surface area contributed by atoms with Crippen molar-refractivity contribution in [3.8, 4) is 0 Å². The molecule has 1 aromatic rings. The Morgan fingerprint density at radius 1 is 1.15 bits per heavy atom. The zero-order valence-electron chi connectivity index (χ0n) is 15.6. The first-order valence-electron chi connectivity index (χ1n) is 9.45. The van der Waals surface area contributed by atoms with E-state index in [9.17, 15) is 14.4 Å². The van der Waals surface area contributed by atoms with Crippen LogP contribution in [0.1, 0.15) is 58.4 Å². The molecule has 0 atom stereocenters. The van der Waals surface area contributed by atoms with Crippen LogP contribution in [0.4, 0.5) is 0 Å². The summed E-state index contributed by atoms with van der Waals surface area (Å²) in [5, 5.41) is 2.87. The molecule has 0 radical (unpaired) electrons. The number of nitrogens with zero attached hydrogens (tertiary/aromatic N) is 2. The fraction of sp³-hybridized carbons (Fsp3) is 0.632. The Kier molecular flexibility index (Phi) is 5.76. The number of aryl methyl sites for hydroxylation is 1. The quantitative estimate of drug-likeness (QED) is 0.857. The van der Waals surface area contributed by atoms with Gasteiger partial charge in [-0.05, 0) is 19.8 Å². The van der Waals surface area contributed by atoms with Gasteiger partial charge in [0.15, 0.2) is 11.5 Å². The zero-order chi connectivity index (χ0) is 18.7. The summed E-state index contributed by atoms with van der Waals surface area (Å²) in [6.45, 7) is 7.30. The van der Waals surface area contributed by atoms with Gasteiger partial charge in [0.2, 0.25) is 5.91 Å². The van der Waals surface area contributed by atoms with Crippen molar-refractivity contribution in [2.45, 2.75) is 39.5 Å². The maximum absolute atomic E-state index is 12.8. The molecule has 2 aliphatic rings. The molecule has 0 unspecified atom stereocenters. The smallest absolute Gasteiger partial charge is 0.289 e. The van der Waals surface area contributed by atoms with Gasteiger partial charge in [0.05, 0.1) is 12.1 Å². The first-order valence-corrected chi connectivity index (χ1v) is 9.45. The Morgan fingerprint density at radius 2 is 1.88 bits per heavy atom. The molecule has 1 saturated heterocycles. The third-order valence-electron chi connectivity index (χ3n) is 5.10. The van der Waals surface area contributed by atoms with Crippen LogP contribution in [-0.2, 0) is 11.2 Å². The molecule has 2 amide bonds. The predicted molar refractivity (Wildman–Crippen MR) is 96.4 cm³/mol. The Morgan fingerprint density at radius 3 is 2.54 bits per heavy atom. The van der Waals surface area contributed by atoms with Gasteiger partial charge in [0.25, 0.3) is 5.91 Å². The Labute approximate surface area is 153 Å². The maximum atomic E-state index is 12.8. The number of amides is 2. The van der Waals surface area contributed by atoms with Gasteiger partial charge in [0, 0.05) is 51.1 Å². The van der Waals surface area contributed by atoms with E-state index in [1.807, 2.05) is 6.92 Å². The third-order valence-corrected chi connectivity index (χ3v) is 5.10. The molecule has 1 aromatic heterocycles. The monoisotopic (exact) mass is 361 g/mol. The highest BCUT2D eigenvalue weighted by atomic mass is 16.4. The minimum absolute atomic E-state index is 0.0275. The highest BCUT2D eigenvalue weighted by molar-refractivity contribution is 6.03. The molecular weight excluding hydrogens is 334 g/mol. The number of carbonyl (C=O) groups excluding carboxylic acids is 3. The number of hydrogen-bond acceptors (Lipinski definition) is 5. The van der Waals surface area contributed by atoms with Gasteiger partial charge in [-0.25, -0.2) is 0 Å². The normalized spacial score (nSPS) is 17.9. The van der Waals surface area contributed by atoms with Crippen LogP contribution in [0.15, 0.2) is 4.42 Å². The van der Waals surface area contributed by atoms with E-state index in [1.54, 1.807) is 11.8 Å². The van der Waals surface area contributed by atoms with Crippen LogP contribution in [0.25, 0.3) is 0 Å². The summed E-state index contributed by atoms with van der Waals surface area (Å²) in [5.74, 6) is 0.918. The van der Waals surface area contributed by atoms with Gasteiger partial charge in [-0.2, -0.15) is 0 Å². The number of carbonyl (C=O) groups is 3. The average Bonchev–Trinajstić information content (AvgIpc) is 2.98. The molecule has 0 bridgehead atoms. The van der Waals surface area contributed by atoms with Crippen molar-refractivity contribution in [3.05, 3.63) is 22.6 Å². The molecule has 0 saturated carbocycles. The Bertz CT molecular complexity index is 702. The van der Waals surface area contributed by atoms with Gasteiger partial charge >= 0.3 is 0 Å². The topological polar surface area (TPSA) is 82.9 Å². The number of nitrogens with one attached hydrogen (secondary N) is 1. The van der Waals surface area contributed by atoms with E-state index in [0.29, 0.717) is 68.3 Å². The summed E-state index contributed by atoms with van der Waals surface area (Å²) in [7, 11) is 0. The van der Waals surface area contributed by atoms with Gasteiger partial charge < -0.3 is 14.6 Å². The van der Waals surface area contributed by atoms with E-state index < -0.39 is 0 Å². The Balaban J connectivity index is 1.59. The van der Waals surface area contributed by atoms with Gasteiger partial charge in [-0.3, -0.25) is 19.3 Å². The largest absolute Gasteiger partial charge is 0.455 e. The number of rotatable bonds is 5. The highest BCUT2D eigenvalue weighted by Crippen LogP contribution is 2.30. The molecule has 1 N–H and O–H groups in total. The first-order chi connectivity index (χ1) is 12.5. The van der Waals surface area contributed by atoms with Crippen molar-refractivity contribution in [2.75, 3.05) is 39.3 Å². The summed E-state index contributed by atoms with van der Waals surface area (Å²) in [5.41, 5.74) is 1.29. The van der Waals surface area contributed by atoms with E-state index >= 15 is 0 Å². The SMILES string of the molecule is CCCNC(=O)CN1CCN(C(=O)c2oc3c(c2C)C(=O)CCC3)CC1. The first kappa shape index (κ1) is 18.6. The molecule has 1 aliphatic carbocycles.